The number of hydrogen-bond acceptors (Lipinski definition) is 4. The summed E-state index contributed by atoms with van der Waals surface area (Å²) in [5, 5.41) is 9.87. The summed E-state index contributed by atoms with van der Waals surface area (Å²) in [6.45, 7) is 0.580. The van der Waals surface area contributed by atoms with E-state index in [2.05, 4.69) is 15.5 Å². The van der Waals surface area contributed by atoms with Gasteiger partial charge in [-0.3, -0.25) is 19.6 Å². The van der Waals surface area contributed by atoms with Crippen LogP contribution in [-0.4, -0.2) is 34.0 Å². The molecule has 1 aromatic heterocycles. The molecule has 2 heterocycles. The third-order valence-electron chi connectivity index (χ3n) is 3.13. The molecular weight excluding hydrogens is 244 g/mol. The van der Waals surface area contributed by atoms with E-state index in [1.807, 2.05) is 6.07 Å². The first-order valence-electron chi connectivity index (χ1n) is 5.85. The van der Waals surface area contributed by atoms with E-state index in [0.29, 0.717) is 17.7 Å². The lowest BCUT2D eigenvalue weighted by Crippen LogP contribution is -2.24. The van der Waals surface area contributed by atoms with Crippen LogP contribution in [0.25, 0.3) is 0 Å². The van der Waals surface area contributed by atoms with Crippen LogP contribution in [-0.2, 0) is 6.54 Å². The Morgan fingerprint density at radius 1 is 1.21 bits per heavy atom. The van der Waals surface area contributed by atoms with Crippen molar-refractivity contribution in [3.05, 3.63) is 47.3 Å². The maximum atomic E-state index is 11.9. The monoisotopic (exact) mass is 256 g/mol. The molecule has 0 spiro atoms. The van der Waals surface area contributed by atoms with Crippen LogP contribution in [0.3, 0.4) is 0 Å². The van der Waals surface area contributed by atoms with Gasteiger partial charge in [0.1, 0.15) is 0 Å². The average Bonchev–Trinajstić information content (AvgIpc) is 3.01. The smallest absolute Gasteiger partial charge is 0.261 e. The zero-order chi connectivity index (χ0) is 13.4. The molecule has 0 fully saturated rings. The van der Waals surface area contributed by atoms with Crippen molar-refractivity contribution < 1.29 is 9.59 Å². The van der Waals surface area contributed by atoms with Crippen LogP contribution < -0.4 is 5.32 Å². The van der Waals surface area contributed by atoms with Crippen molar-refractivity contribution in [1.82, 2.24) is 15.1 Å². The molecule has 0 atom stereocenters. The number of imide groups is 1. The first kappa shape index (κ1) is 11.5. The van der Waals surface area contributed by atoms with E-state index in [1.165, 1.54) is 7.05 Å². The fourth-order valence-corrected chi connectivity index (χ4v) is 2.05. The maximum Gasteiger partial charge on any atom is 0.261 e. The number of nitrogens with zero attached hydrogens (tertiary/aromatic N) is 2. The number of aromatic nitrogens is 2. The number of anilines is 1. The Morgan fingerprint density at radius 3 is 2.74 bits per heavy atom. The second kappa shape index (κ2) is 4.24. The van der Waals surface area contributed by atoms with Crippen molar-refractivity contribution in [2.75, 3.05) is 12.4 Å². The van der Waals surface area contributed by atoms with Crippen LogP contribution in [0.5, 0.6) is 0 Å². The Bertz CT molecular complexity index is 649. The Hall–Kier alpha value is -2.63. The highest BCUT2D eigenvalue weighted by Gasteiger charge is 2.32. The van der Waals surface area contributed by atoms with E-state index >= 15 is 0 Å². The highest BCUT2D eigenvalue weighted by atomic mass is 16.2. The van der Waals surface area contributed by atoms with Crippen molar-refractivity contribution in [2.45, 2.75) is 6.54 Å². The van der Waals surface area contributed by atoms with Gasteiger partial charge in [-0.15, -0.1) is 0 Å². The average molecular weight is 256 g/mol. The molecule has 0 saturated carbocycles. The van der Waals surface area contributed by atoms with E-state index < -0.39 is 0 Å². The van der Waals surface area contributed by atoms with E-state index in [4.69, 9.17) is 0 Å². The number of nitrogens with one attached hydrogen (secondary N) is 2. The highest BCUT2D eigenvalue weighted by Crippen LogP contribution is 2.24. The fourth-order valence-electron chi connectivity index (χ4n) is 2.05. The summed E-state index contributed by atoms with van der Waals surface area (Å²) in [7, 11) is 1.49. The minimum atomic E-state index is -0.259. The number of hydrogen-bond donors (Lipinski definition) is 2. The van der Waals surface area contributed by atoms with Crippen molar-refractivity contribution in [3.63, 3.8) is 0 Å². The molecule has 6 nitrogen and oxygen atoms in total. The Balaban J connectivity index is 1.83. The number of carbonyl (C=O) groups is 2. The van der Waals surface area contributed by atoms with Crippen LogP contribution in [0.2, 0.25) is 0 Å². The summed E-state index contributed by atoms with van der Waals surface area (Å²) in [4.78, 5) is 24.7. The van der Waals surface area contributed by atoms with Gasteiger partial charge in [0.15, 0.2) is 0 Å². The molecule has 0 unspecified atom stereocenters. The Kier molecular flexibility index (Phi) is 2.56. The van der Waals surface area contributed by atoms with Gasteiger partial charge in [0.05, 0.1) is 23.4 Å². The van der Waals surface area contributed by atoms with Crippen molar-refractivity contribution in [2.24, 2.45) is 0 Å². The van der Waals surface area contributed by atoms with Crippen LogP contribution in [0.4, 0.5) is 5.69 Å². The molecule has 2 amide bonds. The fraction of sp³-hybridized carbons (Fsp3) is 0.154. The van der Waals surface area contributed by atoms with E-state index in [0.717, 1.165) is 16.3 Å². The van der Waals surface area contributed by atoms with Gasteiger partial charge in [0.25, 0.3) is 11.8 Å². The number of carbonyl (C=O) groups excluding carboxylic acids is 2. The van der Waals surface area contributed by atoms with E-state index in [1.54, 1.807) is 24.4 Å². The Morgan fingerprint density at radius 2 is 2.00 bits per heavy atom. The largest absolute Gasteiger partial charge is 0.379 e. The molecule has 1 aliphatic heterocycles. The molecule has 0 radical (unpaired) electrons. The zero-order valence-electron chi connectivity index (χ0n) is 10.3. The maximum absolute atomic E-state index is 11.9. The lowest BCUT2D eigenvalue weighted by Gasteiger charge is -2.05. The predicted octanol–water partition coefficient (Wildman–Crippen LogP) is 1.25. The van der Waals surface area contributed by atoms with Crippen LogP contribution in [0.1, 0.15) is 26.4 Å². The van der Waals surface area contributed by atoms with E-state index in [9.17, 15) is 9.59 Å². The summed E-state index contributed by atoms with van der Waals surface area (Å²) in [6, 6.07) is 7.03. The van der Waals surface area contributed by atoms with Gasteiger partial charge in [-0.1, -0.05) is 0 Å². The third kappa shape index (κ3) is 1.87. The van der Waals surface area contributed by atoms with Gasteiger partial charge in [-0.05, 0) is 24.3 Å². The highest BCUT2D eigenvalue weighted by molar-refractivity contribution is 6.21. The lowest BCUT2D eigenvalue weighted by molar-refractivity contribution is 0.0693. The van der Waals surface area contributed by atoms with Crippen molar-refractivity contribution in [1.29, 1.82) is 0 Å². The number of H-pyrrole nitrogens is 1. The molecular formula is C13H12N4O2. The minimum Gasteiger partial charge on any atom is -0.379 e. The van der Waals surface area contributed by atoms with Gasteiger partial charge >= 0.3 is 0 Å². The Labute approximate surface area is 109 Å². The third-order valence-corrected chi connectivity index (χ3v) is 3.13. The first-order chi connectivity index (χ1) is 9.16. The topological polar surface area (TPSA) is 78.1 Å². The van der Waals surface area contributed by atoms with Crippen LogP contribution in [0, 0.1) is 0 Å². The molecule has 2 aromatic rings. The standard InChI is InChI=1S/C13H12N4O2/c1-17-12(18)10-3-2-8(6-11(10)13(17)19)14-7-9-4-5-15-16-9/h2-6,14H,7H2,1H3,(H,15,16). The summed E-state index contributed by atoms with van der Waals surface area (Å²) < 4.78 is 0. The molecule has 2 N–H and O–H groups in total. The van der Waals surface area contributed by atoms with Gasteiger partial charge in [0.2, 0.25) is 0 Å². The zero-order valence-corrected chi connectivity index (χ0v) is 10.3. The van der Waals surface area contributed by atoms with Crippen molar-refractivity contribution in [3.8, 4) is 0 Å². The van der Waals surface area contributed by atoms with E-state index in [-0.39, 0.29) is 11.8 Å². The normalized spacial score (nSPS) is 13.8. The van der Waals surface area contributed by atoms with Gasteiger partial charge in [-0.25, -0.2) is 0 Å². The molecule has 0 saturated heterocycles. The summed E-state index contributed by atoms with van der Waals surface area (Å²) in [5.74, 6) is -0.509. The lowest BCUT2D eigenvalue weighted by atomic mass is 10.1. The number of benzene rings is 1. The molecule has 0 aliphatic carbocycles. The SMILES string of the molecule is CN1C(=O)c2ccc(NCc3ccn[nH]3)cc2C1=O. The molecule has 19 heavy (non-hydrogen) atoms. The quantitative estimate of drug-likeness (QED) is 0.810. The molecule has 3 rings (SSSR count). The minimum absolute atomic E-state index is 0.250. The predicted molar refractivity (Wildman–Crippen MR) is 68.8 cm³/mol. The van der Waals surface area contributed by atoms with Gasteiger partial charge in [0, 0.05) is 18.9 Å². The second-order valence-electron chi connectivity index (χ2n) is 4.37. The van der Waals surface area contributed by atoms with Gasteiger partial charge in [-0.2, -0.15) is 5.10 Å². The van der Waals surface area contributed by atoms with Crippen molar-refractivity contribution >= 4 is 17.5 Å². The summed E-state index contributed by atoms with van der Waals surface area (Å²) >= 11 is 0. The summed E-state index contributed by atoms with van der Waals surface area (Å²) in [5.41, 5.74) is 2.64. The van der Waals surface area contributed by atoms with Gasteiger partial charge < -0.3 is 5.32 Å². The number of aromatic amines is 1. The molecule has 6 heteroatoms. The number of amides is 2. The molecule has 1 aromatic carbocycles. The molecule has 96 valence electrons. The summed E-state index contributed by atoms with van der Waals surface area (Å²) in [6.07, 6.45) is 1.68. The number of rotatable bonds is 3. The molecule has 1 aliphatic rings. The molecule has 0 bridgehead atoms. The number of fused-ring (bicyclic) bond motifs is 1. The second-order valence-corrected chi connectivity index (χ2v) is 4.37. The first-order valence-corrected chi connectivity index (χ1v) is 5.85. The van der Waals surface area contributed by atoms with Crippen LogP contribution in [0.15, 0.2) is 30.5 Å². The van der Waals surface area contributed by atoms with Crippen LogP contribution >= 0.6 is 0 Å².